The van der Waals surface area contributed by atoms with Crippen molar-refractivity contribution in [3.05, 3.63) is 70.0 Å². The number of hydrogen-bond acceptors (Lipinski definition) is 4. The first-order valence-corrected chi connectivity index (χ1v) is 9.42. The number of aromatic carboxylic acids is 1. The van der Waals surface area contributed by atoms with Gasteiger partial charge in [-0.25, -0.2) is 9.59 Å². The molecule has 1 heterocycles. The topological polar surface area (TPSA) is 91.6 Å². The first-order chi connectivity index (χ1) is 13.9. The van der Waals surface area contributed by atoms with Crippen LogP contribution in [0.25, 0.3) is 10.9 Å². The molecule has 0 atom stereocenters. The molecule has 0 fully saturated rings. The Balaban J connectivity index is 2.02. The van der Waals surface area contributed by atoms with Crippen molar-refractivity contribution >= 4 is 34.3 Å². The number of carbonyl (C=O) groups is 2. The molecule has 0 radical (unpaired) electrons. The van der Waals surface area contributed by atoms with Gasteiger partial charge in [-0.2, -0.15) is 0 Å². The predicted molar refractivity (Wildman–Crippen MR) is 114 cm³/mol. The molecule has 2 N–H and O–H groups in total. The third-order valence-electron chi connectivity index (χ3n) is 4.94. The van der Waals surface area contributed by atoms with Gasteiger partial charge >= 0.3 is 12.0 Å². The fraction of sp³-hybridized carbons (Fsp3) is 0.227. The first-order valence-electron chi connectivity index (χ1n) is 9.42. The van der Waals surface area contributed by atoms with Gasteiger partial charge in [-0.3, -0.25) is 9.36 Å². The minimum Gasteiger partial charge on any atom is -0.477 e. The Morgan fingerprint density at radius 3 is 2.41 bits per heavy atom. The number of nitrogens with zero attached hydrogens (tertiary/aromatic N) is 2. The lowest BCUT2D eigenvalue weighted by atomic mass is 10.1. The van der Waals surface area contributed by atoms with Crippen LogP contribution in [0.5, 0.6) is 0 Å². The molecule has 0 saturated heterocycles. The van der Waals surface area contributed by atoms with Crippen LogP contribution >= 0.6 is 0 Å². The van der Waals surface area contributed by atoms with Crippen LogP contribution in [0.1, 0.15) is 29.8 Å². The number of hydrogen-bond donors (Lipinski definition) is 2. The highest BCUT2D eigenvalue weighted by Crippen LogP contribution is 2.23. The number of para-hydroxylation sites is 1. The summed E-state index contributed by atoms with van der Waals surface area (Å²) in [5.74, 6) is -1.37. The average molecular weight is 393 g/mol. The summed E-state index contributed by atoms with van der Waals surface area (Å²) in [6, 6.07) is 11.7. The molecule has 0 aliphatic rings. The van der Waals surface area contributed by atoms with Crippen molar-refractivity contribution in [2.24, 2.45) is 0 Å². The van der Waals surface area contributed by atoms with Gasteiger partial charge in [0.1, 0.15) is 5.56 Å². The van der Waals surface area contributed by atoms with E-state index < -0.39 is 23.0 Å². The Hall–Kier alpha value is -3.61. The first kappa shape index (κ1) is 20.1. The molecule has 2 aromatic carbocycles. The fourth-order valence-electron chi connectivity index (χ4n) is 3.35. The van der Waals surface area contributed by atoms with Crippen molar-refractivity contribution in [1.82, 2.24) is 4.57 Å². The number of aryl methyl sites for hydroxylation is 1. The van der Waals surface area contributed by atoms with Crippen LogP contribution < -0.4 is 15.6 Å². The van der Waals surface area contributed by atoms with E-state index in [4.69, 9.17) is 0 Å². The zero-order chi connectivity index (χ0) is 21.1. The molecular weight excluding hydrogens is 370 g/mol. The van der Waals surface area contributed by atoms with Crippen LogP contribution in [-0.2, 0) is 0 Å². The van der Waals surface area contributed by atoms with E-state index in [2.05, 4.69) is 24.1 Å². The zero-order valence-electron chi connectivity index (χ0n) is 16.6. The molecular formula is C22H23N3O4. The standard InChI is InChI=1S/C22H23N3O4/c1-4-24(5-2)15-10-11-18(14(3)12-15)23-22(29)25-13-17(21(27)28)20(26)16-8-6-7-9-19(16)25/h6-13H,4-5H2,1-3H3,(H,23,29)(H,27,28). The van der Waals surface area contributed by atoms with Gasteiger partial charge in [0.2, 0.25) is 5.43 Å². The fourth-order valence-corrected chi connectivity index (χ4v) is 3.35. The summed E-state index contributed by atoms with van der Waals surface area (Å²) in [6.07, 6.45) is 1.07. The molecule has 150 valence electrons. The largest absolute Gasteiger partial charge is 0.477 e. The summed E-state index contributed by atoms with van der Waals surface area (Å²) in [7, 11) is 0. The Morgan fingerprint density at radius 2 is 1.79 bits per heavy atom. The second kappa shape index (κ2) is 8.18. The lowest BCUT2D eigenvalue weighted by Crippen LogP contribution is -2.26. The Labute approximate surface area is 168 Å². The molecule has 3 rings (SSSR count). The van der Waals surface area contributed by atoms with Crippen LogP contribution in [0.2, 0.25) is 0 Å². The number of amides is 1. The van der Waals surface area contributed by atoms with Crippen molar-refractivity contribution in [3.63, 3.8) is 0 Å². The number of carbonyl (C=O) groups excluding carboxylic acids is 1. The number of benzene rings is 2. The van der Waals surface area contributed by atoms with E-state index >= 15 is 0 Å². The number of fused-ring (bicyclic) bond motifs is 1. The van der Waals surface area contributed by atoms with Crippen molar-refractivity contribution in [2.75, 3.05) is 23.3 Å². The molecule has 0 bridgehead atoms. The van der Waals surface area contributed by atoms with Crippen LogP contribution in [0.15, 0.2) is 53.5 Å². The minimum absolute atomic E-state index is 0.177. The highest BCUT2D eigenvalue weighted by molar-refractivity contribution is 6.01. The van der Waals surface area contributed by atoms with E-state index in [-0.39, 0.29) is 5.39 Å². The van der Waals surface area contributed by atoms with Crippen molar-refractivity contribution in [1.29, 1.82) is 0 Å². The number of anilines is 2. The maximum Gasteiger partial charge on any atom is 0.341 e. The van der Waals surface area contributed by atoms with E-state index in [0.29, 0.717) is 11.2 Å². The normalized spacial score (nSPS) is 10.7. The van der Waals surface area contributed by atoms with Gasteiger partial charge in [0.25, 0.3) is 0 Å². The van der Waals surface area contributed by atoms with E-state index in [1.807, 2.05) is 25.1 Å². The molecule has 0 spiro atoms. The van der Waals surface area contributed by atoms with E-state index in [1.54, 1.807) is 18.2 Å². The molecule has 3 aromatic rings. The predicted octanol–water partition coefficient (Wildman–Crippen LogP) is 3.93. The van der Waals surface area contributed by atoms with Gasteiger partial charge in [0.05, 0.1) is 5.52 Å². The maximum absolute atomic E-state index is 12.9. The van der Waals surface area contributed by atoms with Crippen LogP contribution in [0, 0.1) is 6.92 Å². The maximum atomic E-state index is 12.9. The zero-order valence-corrected chi connectivity index (χ0v) is 16.6. The molecule has 7 nitrogen and oxygen atoms in total. The highest BCUT2D eigenvalue weighted by Gasteiger charge is 2.18. The number of carboxylic acids is 1. The van der Waals surface area contributed by atoms with Crippen LogP contribution in [-0.4, -0.2) is 34.8 Å². The Morgan fingerprint density at radius 1 is 1.10 bits per heavy atom. The number of aromatic nitrogens is 1. The van der Waals surface area contributed by atoms with Gasteiger partial charge in [0, 0.05) is 36.0 Å². The molecule has 0 unspecified atom stereocenters. The number of pyridine rings is 1. The van der Waals surface area contributed by atoms with E-state index in [9.17, 15) is 19.5 Å². The van der Waals surface area contributed by atoms with E-state index in [1.165, 1.54) is 6.07 Å². The number of rotatable bonds is 5. The van der Waals surface area contributed by atoms with Gasteiger partial charge in [-0.05, 0) is 56.7 Å². The SMILES string of the molecule is CCN(CC)c1ccc(NC(=O)n2cc(C(=O)O)c(=O)c3ccccc32)c(C)c1. The second-order valence-corrected chi connectivity index (χ2v) is 6.67. The molecule has 29 heavy (non-hydrogen) atoms. The van der Waals surface area contributed by atoms with Crippen LogP contribution in [0.3, 0.4) is 0 Å². The summed E-state index contributed by atoms with van der Waals surface area (Å²) >= 11 is 0. The van der Waals surface area contributed by atoms with Gasteiger partial charge in [0.15, 0.2) is 0 Å². The summed E-state index contributed by atoms with van der Waals surface area (Å²) in [4.78, 5) is 39.0. The molecule has 1 amide bonds. The third-order valence-corrected chi connectivity index (χ3v) is 4.94. The average Bonchev–Trinajstić information content (AvgIpc) is 2.71. The summed E-state index contributed by atoms with van der Waals surface area (Å²) in [5.41, 5.74) is 1.84. The highest BCUT2D eigenvalue weighted by atomic mass is 16.4. The Bertz CT molecular complexity index is 1150. The monoisotopic (exact) mass is 393 g/mol. The quantitative estimate of drug-likeness (QED) is 0.685. The molecule has 7 heteroatoms. The van der Waals surface area contributed by atoms with E-state index in [0.717, 1.165) is 35.1 Å². The summed E-state index contributed by atoms with van der Waals surface area (Å²) < 4.78 is 1.16. The van der Waals surface area contributed by atoms with Gasteiger partial charge in [-0.1, -0.05) is 12.1 Å². The van der Waals surface area contributed by atoms with Crippen molar-refractivity contribution in [3.8, 4) is 0 Å². The molecule has 1 aromatic heterocycles. The Kier molecular flexibility index (Phi) is 5.68. The van der Waals surface area contributed by atoms with Gasteiger partial charge in [-0.15, -0.1) is 0 Å². The smallest absolute Gasteiger partial charge is 0.341 e. The summed E-state index contributed by atoms with van der Waals surface area (Å²) in [5, 5.41) is 12.3. The molecule has 0 aliphatic carbocycles. The minimum atomic E-state index is -1.37. The second-order valence-electron chi connectivity index (χ2n) is 6.67. The lowest BCUT2D eigenvalue weighted by molar-refractivity contribution is 0.0695. The van der Waals surface area contributed by atoms with Crippen molar-refractivity contribution < 1.29 is 14.7 Å². The van der Waals surface area contributed by atoms with Crippen LogP contribution in [0.4, 0.5) is 16.2 Å². The molecule has 0 aliphatic heterocycles. The third kappa shape index (κ3) is 3.85. The van der Waals surface area contributed by atoms with Crippen molar-refractivity contribution in [2.45, 2.75) is 20.8 Å². The number of carboxylic acid groups (broad SMARTS) is 1. The number of nitrogens with one attached hydrogen (secondary N) is 1. The molecule has 0 saturated carbocycles. The van der Waals surface area contributed by atoms with Gasteiger partial charge < -0.3 is 15.3 Å². The summed E-state index contributed by atoms with van der Waals surface area (Å²) in [6.45, 7) is 7.81. The lowest BCUT2D eigenvalue weighted by Gasteiger charge is -2.22.